The molecule has 0 aromatic heterocycles. The maximum Gasteiger partial charge on any atom is 0.252 e. The highest BCUT2D eigenvalue weighted by Gasteiger charge is 2.60. The molecule has 2 aliphatic carbocycles. The van der Waals surface area contributed by atoms with E-state index in [1.807, 2.05) is 0 Å². The van der Waals surface area contributed by atoms with E-state index in [4.69, 9.17) is 0 Å². The SMILES string of the molecule is O=C=NC1(C2CCCCCC2)CC(F)(F)C1. The molecule has 2 fully saturated rings. The summed E-state index contributed by atoms with van der Waals surface area (Å²) in [6, 6.07) is 0. The standard InChI is InChI=1S/C12H17F2NO/c13-12(14)7-11(8-12,15-9-16)10-5-3-1-2-4-6-10/h10H,1-8H2. The van der Waals surface area contributed by atoms with Gasteiger partial charge in [-0.2, -0.15) is 4.99 Å². The third-order valence-electron chi connectivity index (χ3n) is 4.01. The minimum Gasteiger partial charge on any atom is -0.211 e. The highest BCUT2D eigenvalue weighted by Crippen LogP contribution is 2.54. The first-order valence-corrected chi connectivity index (χ1v) is 6.05. The van der Waals surface area contributed by atoms with Gasteiger partial charge in [0, 0.05) is 12.8 Å². The highest BCUT2D eigenvalue weighted by molar-refractivity contribution is 5.36. The van der Waals surface area contributed by atoms with Gasteiger partial charge in [0.25, 0.3) is 5.92 Å². The smallest absolute Gasteiger partial charge is 0.211 e. The first kappa shape index (κ1) is 11.7. The number of hydrogen-bond donors (Lipinski definition) is 0. The molecule has 0 amide bonds. The number of carbonyl (C=O) groups excluding carboxylic acids is 1. The lowest BCUT2D eigenvalue weighted by molar-refractivity contribution is -0.139. The van der Waals surface area contributed by atoms with Crippen LogP contribution in [0.1, 0.15) is 51.4 Å². The van der Waals surface area contributed by atoms with Crippen molar-refractivity contribution < 1.29 is 13.6 Å². The second-order valence-corrected chi connectivity index (χ2v) is 5.20. The lowest BCUT2D eigenvalue weighted by Crippen LogP contribution is -2.55. The molecule has 0 aromatic carbocycles. The van der Waals surface area contributed by atoms with Crippen molar-refractivity contribution in [3.63, 3.8) is 0 Å². The molecule has 2 saturated carbocycles. The van der Waals surface area contributed by atoms with E-state index in [9.17, 15) is 13.6 Å². The van der Waals surface area contributed by atoms with Crippen LogP contribution in [0.15, 0.2) is 4.99 Å². The molecule has 0 saturated heterocycles. The van der Waals surface area contributed by atoms with E-state index in [-0.39, 0.29) is 18.8 Å². The molecule has 0 aliphatic heterocycles. The van der Waals surface area contributed by atoms with E-state index in [0.29, 0.717) is 0 Å². The summed E-state index contributed by atoms with van der Waals surface area (Å²) in [6.45, 7) is 0. The van der Waals surface area contributed by atoms with Crippen LogP contribution in [0, 0.1) is 5.92 Å². The fourth-order valence-corrected chi connectivity index (χ4v) is 3.21. The monoisotopic (exact) mass is 229 g/mol. The van der Waals surface area contributed by atoms with Gasteiger partial charge in [0.1, 0.15) is 0 Å². The summed E-state index contributed by atoms with van der Waals surface area (Å²) in [4.78, 5) is 14.2. The quantitative estimate of drug-likeness (QED) is 0.405. The lowest BCUT2D eigenvalue weighted by Gasteiger charge is -2.48. The summed E-state index contributed by atoms with van der Waals surface area (Å²) in [5, 5.41) is 0. The van der Waals surface area contributed by atoms with Crippen molar-refractivity contribution in [1.29, 1.82) is 0 Å². The summed E-state index contributed by atoms with van der Waals surface area (Å²) < 4.78 is 26.0. The van der Waals surface area contributed by atoms with Gasteiger partial charge in [-0.05, 0) is 18.8 Å². The maximum absolute atomic E-state index is 13.0. The largest absolute Gasteiger partial charge is 0.252 e. The van der Waals surface area contributed by atoms with Crippen LogP contribution >= 0.6 is 0 Å². The fourth-order valence-electron chi connectivity index (χ4n) is 3.21. The molecule has 0 bridgehead atoms. The molecule has 0 radical (unpaired) electrons. The van der Waals surface area contributed by atoms with Gasteiger partial charge in [-0.3, -0.25) is 0 Å². The molecular formula is C12H17F2NO. The maximum atomic E-state index is 13.0. The Hall–Kier alpha value is -0.760. The number of halogens is 2. The van der Waals surface area contributed by atoms with Crippen molar-refractivity contribution in [2.75, 3.05) is 0 Å². The normalized spacial score (nSPS) is 28.6. The van der Waals surface area contributed by atoms with Gasteiger partial charge < -0.3 is 0 Å². The van der Waals surface area contributed by atoms with E-state index in [0.717, 1.165) is 25.7 Å². The Bertz CT molecular complexity index is 294. The van der Waals surface area contributed by atoms with Crippen LogP contribution in [-0.2, 0) is 4.79 Å². The minimum atomic E-state index is -2.62. The first-order valence-electron chi connectivity index (χ1n) is 6.05. The van der Waals surface area contributed by atoms with Gasteiger partial charge >= 0.3 is 0 Å². The van der Waals surface area contributed by atoms with Crippen molar-refractivity contribution in [2.45, 2.75) is 62.8 Å². The number of nitrogens with zero attached hydrogens (tertiary/aromatic N) is 1. The molecule has 0 heterocycles. The van der Waals surface area contributed by atoms with Crippen LogP contribution in [0.25, 0.3) is 0 Å². The average Bonchev–Trinajstić information content (AvgIpc) is 2.42. The molecule has 0 spiro atoms. The third kappa shape index (κ3) is 2.17. The number of alkyl halides is 2. The molecule has 0 unspecified atom stereocenters. The number of rotatable bonds is 2. The van der Waals surface area contributed by atoms with Gasteiger partial charge in [0.2, 0.25) is 6.08 Å². The summed E-state index contributed by atoms with van der Waals surface area (Å²) in [7, 11) is 0. The van der Waals surface area contributed by atoms with Crippen molar-refractivity contribution in [1.82, 2.24) is 0 Å². The zero-order valence-electron chi connectivity index (χ0n) is 9.35. The molecule has 2 nitrogen and oxygen atoms in total. The van der Waals surface area contributed by atoms with Gasteiger partial charge in [0.05, 0.1) is 5.54 Å². The van der Waals surface area contributed by atoms with E-state index >= 15 is 0 Å². The van der Waals surface area contributed by atoms with Crippen molar-refractivity contribution in [2.24, 2.45) is 10.9 Å². The molecule has 0 atom stereocenters. The van der Waals surface area contributed by atoms with E-state index < -0.39 is 11.5 Å². The second kappa shape index (κ2) is 4.25. The zero-order chi connectivity index (χ0) is 11.6. The topological polar surface area (TPSA) is 29.4 Å². The Morgan fingerprint density at radius 3 is 2.06 bits per heavy atom. The fraction of sp³-hybridized carbons (Fsp3) is 0.917. The van der Waals surface area contributed by atoms with Gasteiger partial charge in [-0.15, -0.1) is 0 Å². The van der Waals surface area contributed by atoms with Crippen molar-refractivity contribution in [3.05, 3.63) is 0 Å². The summed E-state index contributed by atoms with van der Waals surface area (Å²) in [6.07, 6.45) is 7.37. The average molecular weight is 229 g/mol. The molecule has 4 heteroatoms. The molecular weight excluding hydrogens is 212 g/mol. The van der Waals surface area contributed by atoms with Crippen LogP contribution in [0.3, 0.4) is 0 Å². The van der Waals surface area contributed by atoms with Gasteiger partial charge in [-0.25, -0.2) is 13.6 Å². The number of hydrogen-bond acceptors (Lipinski definition) is 2. The Morgan fingerprint density at radius 2 is 1.62 bits per heavy atom. The summed E-state index contributed by atoms with van der Waals surface area (Å²) >= 11 is 0. The van der Waals surface area contributed by atoms with E-state index in [1.165, 1.54) is 18.9 Å². The van der Waals surface area contributed by atoms with Gasteiger partial charge in [-0.1, -0.05) is 25.7 Å². The molecule has 16 heavy (non-hydrogen) atoms. The molecule has 90 valence electrons. The summed E-state index contributed by atoms with van der Waals surface area (Å²) in [5.74, 6) is -2.46. The molecule has 2 aliphatic rings. The highest BCUT2D eigenvalue weighted by atomic mass is 19.3. The Kier molecular flexibility index (Phi) is 3.11. The van der Waals surface area contributed by atoms with Crippen LogP contribution in [0.5, 0.6) is 0 Å². The van der Waals surface area contributed by atoms with Crippen LogP contribution in [-0.4, -0.2) is 17.5 Å². The minimum absolute atomic E-state index is 0.163. The summed E-state index contributed by atoms with van der Waals surface area (Å²) in [5.41, 5.74) is -0.782. The zero-order valence-corrected chi connectivity index (χ0v) is 9.35. The molecule has 0 aromatic rings. The lowest BCUT2D eigenvalue weighted by atomic mass is 9.64. The predicted molar refractivity (Wildman–Crippen MR) is 56.2 cm³/mol. The molecule has 0 N–H and O–H groups in total. The van der Waals surface area contributed by atoms with Crippen LogP contribution in [0.2, 0.25) is 0 Å². The molecule has 2 rings (SSSR count). The van der Waals surface area contributed by atoms with Crippen molar-refractivity contribution >= 4 is 6.08 Å². The Balaban J connectivity index is 2.10. The Labute approximate surface area is 94.1 Å². The van der Waals surface area contributed by atoms with E-state index in [2.05, 4.69) is 4.99 Å². The van der Waals surface area contributed by atoms with Crippen LogP contribution < -0.4 is 0 Å². The Morgan fingerprint density at radius 1 is 1.06 bits per heavy atom. The van der Waals surface area contributed by atoms with Crippen LogP contribution in [0.4, 0.5) is 8.78 Å². The van der Waals surface area contributed by atoms with Crippen molar-refractivity contribution in [3.8, 4) is 0 Å². The predicted octanol–water partition coefficient (Wildman–Crippen LogP) is 3.46. The van der Waals surface area contributed by atoms with E-state index in [1.54, 1.807) is 0 Å². The first-order chi connectivity index (χ1) is 7.58. The number of aliphatic imine (C=N–C) groups is 1. The number of isocyanates is 1. The van der Waals surface area contributed by atoms with Gasteiger partial charge in [0.15, 0.2) is 0 Å². The second-order valence-electron chi connectivity index (χ2n) is 5.20. The third-order valence-corrected chi connectivity index (χ3v) is 4.01.